The summed E-state index contributed by atoms with van der Waals surface area (Å²) < 4.78 is 0. The third-order valence-corrected chi connectivity index (χ3v) is 4.01. The molecule has 24 heavy (non-hydrogen) atoms. The summed E-state index contributed by atoms with van der Waals surface area (Å²) in [5, 5.41) is 12.5. The highest BCUT2D eigenvalue weighted by Crippen LogP contribution is 2.17. The van der Waals surface area contributed by atoms with Crippen molar-refractivity contribution in [3.05, 3.63) is 52.2 Å². The lowest BCUT2D eigenvalue weighted by atomic mass is 10.1. The van der Waals surface area contributed by atoms with Crippen LogP contribution in [0.15, 0.2) is 41.1 Å². The normalized spacial score (nSPS) is 11.2. The monoisotopic (exact) mass is 367 g/mol. The Labute approximate surface area is 152 Å². The topological polar surface area (TPSA) is 70.2 Å². The second kappa shape index (κ2) is 10.1. The summed E-state index contributed by atoms with van der Waals surface area (Å²) in [5.41, 5.74) is 1.56. The fourth-order valence-corrected chi connectivity index (χ4v) is 2.78. The minimum atomic E-state index is -0.215. The second-order valence-corrected chi connectivity index (χ2v) is 5.96. The molecule has 1 aromatic carbocycles. The Morgan fingerprint density at radius 3 is 2.58 bits per heavy atom. The number of para-hydroxylation sites is 1. The van der Waals surface area contributed by atoms with E-state index in [9.17, 15) is 9.59 Å². The van der Waals surface area contributed by atoms with Gasteiger partial charge in [0.05, 0.1) is 16.8 Å². The Bertz CT molecular complexity index is 662. The van der Waals surface area contributed by atoms with Crippen LogP contribution in [0.5, 0.6) is 0 Å². The summed E-state index contributed by atoms with van der Waals surface area (Å²) in [5.74, 6) is -0.413. The molecule has 1 atom stereocenters. The third kappa shape index (κ3) is 5.63. The van der Waals surface area contributed by atoms with Crippen LogP contribution >= 0.6 is 23.7 Å². The molecule has 0 aliphatic carbocycles. The van der Waals surface area contributed by atoms with Gasteiger partial charge in [0.25, 0.3) is 11.8 Å². The van der Waals surface area contributed by atoms with Crippen LogP contribution in [0.1, 0.15) is 34.6 Å². The van der Waals surface area contributed by atoms with E-state index in [1.165, 1.54) is 11.3 Å². The molecule has 2 aromatic rings. The van der Waals surface area contributed by atoms with Crippen molar-refractivity contribution in [2.75, 3.05) is 18.4 Å². The van der Waals surface area contributed by atoms with Crippen molar-refractivity contribution in [3.8, 4) is 0 Å². The highest BCUT2D eigenvalue weighted by atomic mass is 35.5. The van der Waals surface area contributed by atoms with Crippen molar-refractivity contribution in [3.63, 3.8) is 0 Å². The first kappa shape index (κ1) is 20.2. The number of carbonyl (C=O) groups is 2. The molecule has 0 bridgehead atoms. The predicted molar refractivity (Wildman–Crippen MR) is 101 cm³/mol. The van der Waals surface area contributed by atoms with Gasteiger partial charge in [-0.3, -0.25) is 9.59 Å². The van der Waals surface area contributed by atoms with Gasteiger partial charge >= 0.3 is 0 Å². The Morgan fingerprint density at radius 1 is 1.17 bits per heavy atom. The predicted octanol–water partition coefficient (Wildman–Crippen LogP) is 3.15. The fourth-order valence-electron chi connectivity index (χ4n) is 2.14. The second-order valence-electron chi connectivity index (χ2n) is 5.18. The molecule has 0 saturated heterocycles. The number of carbonyl (C=O) groups excluding carboxylic acids is 2. The van der Waals surface area contributed by atoms with Gasteiger partial charge in [0, 0.05) is 18.0 Å². The van der Waals surface area contributed by atoms with Crippen LogP contribution in [0.2, 0.25) is 0 Å². The van der Waals surface area contributed by atoms with Crippen LogP contribution in [0, 0.1) is 0 Å². The number of rotatable bonds is 7. The minimum absolute atomic E-state index is 0. The van der Waals surface area contributed by atoms with Gasteiger partial charge in [-0.05, 0) is 37.0 Å². The van der Waals surface area contributed by atoms with Crippen molar-refractivity contribution in [1.29, 1.82) is 0 Å². The lowest BCUT2D eigenvalue weighted by Gasteiger charge is -2.15. The molecule has 3 N–H and O–H groups in total. The Morgan fingerprint density at radius 2 is 1.92 bits per heavy atom. The number of amides is 2. The number of halogens is 1. The van der Waals surface area contributed by atoms with E-state index in [0.29, 0.717) is 23.4 Å². The first-order valence-electron chi connectivity index (χ1n) is 7.56. The van der Waals surface area contributed by atoms with E-state index in [1.807, 2.05) is 19.2 Å². The molecule has 5 nitrogen and oxygen atoms in total. The Hall–Kier alpha value is -1.89. The van der Waals surface area contributed by atoms with Crippen molar-refractivity contribution in [1.82, 2.24) is 10.6 Å². The van der Waals surface area contributed by atoms with Crippen LogP contribution in [0.3, 0.4) is 0 Å². The molecule has 1 aromatic heterocycles. The van der Waals surface area contributed by atoms with Gasteiger partial charge in [0.2, 0.25) is 0 Å². The molecule has 7 heteroatoms. The van der Waals surface area contributed by atoms with Crippen LogP contribution in [0.25, 0.3) is 0 Å². The first-order valence-corrected chi connectivity index (χ1v) is 8.50. The highest BCUT2D eigenvalue weighted by molar-refractivity contribution is 7.08. The van der Waals surface area contributed by atoms with Gasteiger partial charge < -0.3 is 16.0 Å². The molecule has 2 amide bonds. The largest absolute Gasteiger partial charge is 0.350 e. The molecule has 1 heterocycles. The molecular formula is C17H22ClN3O2S. The van der Waals surface area contributed by atoms with E-state index in [2.05, 4.69) is 16.0 Å². The van der Waals surface area contributed by atoms with E-state index in [4.69, 9.17) is 0 Å². The molecule has 0 aliphatic heterocycles. The van der Waals surface area contributed by atoms with E-state index in [1.54, 1.807) is 35.7 Å². The lowest BCUT2D eigenvalue weighted by molar-refractivity contribution is 0.0951. The highest BCUT2D eigenvalue weighted by Gasteiger charge is 2.14. The minimum Gasteiger partial charge on any atom is -0.350 e. The van der Waals surface area contributed by atoms with Crippen LogP contribution < -0.4 is 16.0 Å². The van der Waals surface area contributed by atoms with Crippen molar-refractivity contribution < 1.29 is 9.59 Å². The molecule has 130 valence electrons. The number of likely N-dealkylation sites (N-methyl/N-ethyl adjacent to an activating group) is 1. The summed E-state index contributed by atoms with van der Waals surface area (Å²) in [6.45, 7) is 5.41. The summed E-state index contributed by atoms with van der Waals surface area (Å²) in [7, 11) is 0. The fraction of sp³-hybridized carbons (Fsp3) is 0.294. The molecule has 0 saturated carbocycles. The first-order chi connectivity index (χ1) is 11.1. The van der Waals surface area contributed by atoms with E-state index in [0.717, 1.165) is 6.54 Å². The third-order valence-electron chi connectivity index (χ3n) is 3.32. The SMILES string of the molecule is CCN[C@H](C)CNC(=O)c1ccccc1NC(=O)c1ccsc1.Cl. The number of anilines is 1. The molecule has 0 aliphatic rings. The summed E-state index contributed by atoms with van der Waals surface area (Å²) in [6.07, 6.45) is 0. The van der Waals surface area contributed by atoms with Crippen LogP contribution in [0.4, 0.5) is 5.69 Å². The maximum atomic E-state index is 12.4. The standard InChI is InChI=1S/C17H21N3O2S.ClH/c1-3-18-12(2)10-19-17(22)14-6-4-5-7-15(14)20-16(21)13-8-9-23-11-13;/h4-9,11-12,18H,3,10H2,1-2H3,(H,19,22)(H,20,21);1H/t12-;/m1./s1. The van der Waals surface area contributed by atoms with Gasteiger partial charge in [-0.1, -0.05) is 19.1 Å². The molecular weight excluding hydrogens is 346 g/mol. The average Bonchev–Trinajstić information content (AvgIpc) is 3.08. The van der Waals surface area contributed by atoms with Gasteiger partial charge in [0.15, 0.2) is 0 Å². The molecule has 0 radical (unpaired) electrons. The molecule has 0 spiro atoms. The van der Waals surface area contributed by atoms with Gasteiger partial charge in [-0.25, -0.2) is 0 Å². The van der Waals surface area contributed by atoms with Crippen LogP contribution in [-0.4, -0.2) is 30.9 Å². The lowest BCUT2D eigenvalue weighted by Crippen LogP contribution is -2.39. The number of hydrogen-bond acceptors (Lipinski definition) is 4. The van der Waals surface area contributed by atoms with Crippen molar-refractivity contribution in [2.24, 2.45) is 0 Å². The molecule has 0 unspecified atom stereocenters. The number of nitrogens with one attached hydrogen (secondary N) is 3. The number of hydrogen-bond donors (Lipinski definition) is 3. The average molecular weight is 368 g/mol. The van der Waals surface area contributed by atoms with Crippen molar-refractivity contribution >= 4 is 41.2 Å². The summed E-state index contributed by atoms with van der Waals surface area (Å²) in [6, 6.07) is 8.95. The maximum absolute atomic E-state index is 12.4. The van der Waals surface area contributed by atoms with E-state index < -0.39 is 0 Å². The van der Waals surface area contributed by atoms with E-state index >= 15 is 0 Å². The van der Waals surface area contributed by atoms with Gasteiger partial charge in [0.1, 0.15) is 0 Å². The zero-order valence-corrected chi connectivity index (χ0v) is 15.3. The quantitative estimate of drug-likeness (QED) is 0.704. The number of benzene rings is 1. The number of thiophene rings is 1. The summed E-state index contributed by atoms with van der Waals surface area (Å²) in [4.78, 5) is 24.5. The molecule has 2 rings (SSSR count). The maximum Gasteiger partial charge on any atom is 0.256 e. The van der Waals surface area contributed by atoms with Gasteiger partial charge in [-0.2, -0.15) is 11.3 Å². The van der Waals surface area contributed by atoms with Crippen LogP contribution in [-0.2, 0) is 0 Å². The molecule has 0 fully saturated rings. The summed E-state index contributed by atoms with van der Waals surface area (Å²) >= 11 is 1.46. The van der Waals surface area contributed by atoms with Gasteiger partial charge in [-0.15, -0.1) is 12.4 Å². The Balaban J connectivity index is 0.00000288. The zero-order chi connectivity index (χ0) is 16.7. The van der Waals surface area contributed by atoms with E-state index in [-0.39, 0.29) is 30.3 Å². The Kier molecular flexibility index (Phi) is 8.46. The zero-order valence-electron chi connectivity index (χ0n) is 13.7. The smallest absolute Gasteiger partial charge is 0.256 e. The van der Waals surface area contributed by atoms with Crippen molar-refractivity contribution in [2.45, 2.75) is 19.9 Å².